The standard InChI is InChI=1S/C12H13F2N3O/c1-17-12(15)8(6-16-17)11(18)5-7-2-3-9(13)10(14)4-7/h2-4,6,11,18H,5,15H2,1H3. The SMILES string of the molecule is Cn1ncc(C(O)Cc2ccc(F)c(F)c2)c1N. The van der Waals surface area contributed by atoms with E-state index >= 15 is 0 Å². The van der Waals surface area contributed by atoms with Gasteiger partial charge in [0, 0.05) is 19.0 Å². The largest absolute Gasteiger partial charge is 0.388 e. The Labute approximate surface area is 103 Å². The molecule has 2 rings (SSSR count). The lowest BCUT2D eigenvalue weighted by molar-refractivity contribution is 0.179. The first-order valence-electron chi connectivity index (χ1n) is 5.38. The maximum absolute atomic E-state index is 13.0. The van der Waals surface area contributed by atoms with Gasteiger partial charge >= 0.3 is 0 Å². The Kier molecular flexibility index (Phi) is 3.29. The molecule has 1 unspecified atom stereocenters. The number of rotatable bonds is 3. The Morgan fingerprint density at radius 3 is 2.67 bits per heavy atom. The molecule has 0 aliphatic carbocycles. The molecule has 1 atom stereocenters. The number of aliphatic hydroxyl groups is 1. The summed E-state index contributed by atoms with van der Waals surface area (Å²) in [6.07, 6.45) is 0.705. The van der Waals surface area contributed by atoms with E-state index in [9.17, 15) is 13.9 Å². The molecule has 3 N–H and O–H groups in total. The van der Waals surface area contributed by atoms with Crippen molar-refractivity contribution in [2.45, 2.75) is 12.5 Å². The van der Waals surface area contributed by atoms with Gasteiger partial charge in [0.1, 0.15) is 5.82 Å². The van der Waals surface area contributed by atoms with E-state index in [2.05, 4.69) is 5.10 Å². The second kappa shape index (κ2) is 4.73. The van der Waals surface area contributed by atoms with Crippen LogP contribution in [-0.4, -0.2) is 14.9 Å². The Morgan fingerprint density at radius 2 is 2.11 bits per heavy atom. The van der Waals surface area contributed by atoms with Crippen LogP contribution in [0.2, 0.25) is 0 Å². The fourth-order valence-electron chi connectivity index (χ4n) is 1.72. The Bertz CT molecular complexity index is 568. The normalized spacial score (nSPS) is 12.7. The molecule has 0 spiro atoms. The van der Waals surface area contributed by atoms with E-state index in [-0.39, 0.29) is 6.42 Å². The van der Waals surface area contributed by atoms with E-state index in [0.29, 0.717) is 16.9 Å². The molecule has 0 radical (unpaired) electrons. The molecule has 0 aliphatic rings. The molecule has 96 valence electrons. The molecular weight excluding hydrogens is 240 g/mol. The number of halogens is 2. The predicted octanol–water partition coefficient (Wildman–Crippen LogP) is 1.56. The van der Waals surface area contributed by atoms with E-state index in [0.717, 1.165) is 12.1 Å². The van der Waals surface area contributed by atoms with Gasteiger partial charge in [0.05, 0.1) is 12.3 Å². The highest BCUT2D eigenvalue weighted by atomic mass is 19.2. The first kappa shape index (κ1) is 12.5. The summed E-state index contributed by atoms with van der Waals surface area (Å²) in [6, 6.07) is 3.52. The van der Waals surface area contributed by atoms with Crippen molar-refractivity contribution < 1.29 is 13.9 Å². The Hall–Kier alpha value is -1.95. The molecule has 6 heteroatoms. The molecular formula is C12H13F2N3O. The highest BCUT2D eigenvalue weighted by Crippen LogP contribution is 2.23. The number of aryl methyl sites for hydroxylation is 1. The molecule has 1 aromatic carbocycles. The summed E-state index contributed by atoms with van der Waals surface area (Å²) >= 11 is 0. The Balaban J connectivity index is 2.18. The van der Waals surface area contributed by atoms with Crippen molar-refractivity contribution in [2.75, 3.05) is 5.73 Å². The smallest absolute Gasteiger partial charge is 0.159 e. The topological polar surface area (TPSA) is 64.1 Å². The zero-order chi connectivity index (χ0) is 13.3. The fourth-order valence-corrected chi connectivity index (χ4v) is 1.72. The first-order valence-corrected chi connectivity index (χ1v) is 5.38. The van der Waals surface area contributed by atoms with Crippen molar-refractivity contribution in [1.29, 1.82) is 0 Å². The van der Waals surface area contributed by atoms with E-state index in [1.807, 2.05) is 0 Å². The molecule has 0 fully saturated rings. The maximum Gasteiger partial charge on any atom is 0.159 e. The van der Waals surface area contributed by atoms with Gasteiger partial charge in [-0.15, -0.1) is 0 Å². The van der Waals surface area contributed by atoms with Gasteiger partial charge < -0.3 is 10.8 Å². The van der Waals surface area contributed by atoms with E-state index in [1.54, 1.807) is 7.05 Å². The summed E-state index contributed by atoms with van der Waals surface area (Å²) in [4.78, 5) is 0. The molecule has 0 saturated heterocycles. The summed E-state index contributed by atoms with van der Waals surface area (Å²) in [5, 5.41) is 13.9. The number of hydrogen-bond donors (Lipinski definition) is 2. The number of nitrogens with two attached hydrogens (primary N) is 1. The van der Waals surface area contributed by atoms with Gasteiger partial charge in [-0.25, -0.2) is 8.78 Å². The molecule has 0 bridgehead atoms. The zero-order valence-corrected chi connectivity index (χ0v) is 9.77. The van der Waals surface area contributed by atoms with Crippen LogP contribution in [0.5, 0.6) is 0 Å². The third kappa shape index (κ3) is 2.33. The van der Waals surface area contributed by atoms with Gasteiger partial charge in [-0.05, 0) is 17.7 Å². The average Bonchev–Trinajstić information content (AvgIpc) is 2.65. The van der Waals surface area contributed by atoms with Crippen molar-refractivity contribution >= 4 is 5.82 Å². The second-order valence-electron chi connectivity index (χ2n) is 4.08. The van der Waals surface area contributed by atoms with Crippen LogP contribution in [0.1, 0.15) is 17.2 Å². The van der Waals surface area contributed by atoms with Crippen LogP contribution in [0.3, 0.4) is 0 Å². The highest BCUT2D eigenvalue weighted by molar-refractivity contribution is 5.40. The molecule has 0 amide bonds. The number of aromatic nitrogens is 2. The average molecular weight is 253 g/mol. The van der Waals surface area contributed by atoms with Crippen molar-refractivity contribution in [3.8, 4) is 0 Å². The summed E-state index contributed by atoms with van der Waals surface area (Å²) in [7, 11) is 1.66. The van der Waals surface area contributed by atoms with E-state index < -0.39 is 17.7 Å². The second-order valence-corrected chi connectivity index (χ2v) is 4.08. The molecule has 18 heavy (non-hydrogen) atoms. The number of nitrogens with zero attached hydrogens (tertiary/aromatic N) is 2. The Morgan fingerprint density at radius 1 is 1.39 bits per heavy atom. The molecule has 1 heterocycles. The van der Waals surface area contributed by atoms with E-state index in [4.69, 9.17) is 5.73 Å². The number of anilines is 1. The summed E-state index contributed by atoms with van der Waals surface area (Å²) in [5.74, 6) is -1.49. The van der Waals surface area contributed by atoms with Crippen LogP contribution >= 0.6 is 0 Å². The first-order chi connectivity index (χ1) is 8.49. The number of benzene rings is 1. The number of nitrogen functional groups attached to an aromatic ring is 1. The number of hydrogen-bond acceptors (Lipinski definition) is 3. The minimum Gasteiger partial charge on any atom is -0.388 e. The minimum absolute atomic E-state index is 0.146. The summed E-state index contributed by atoms with van der Waals surface area (Å²) < 4.78 is 27.2. The van der Waals surface area contributed by atoms with Crippen LogP contribution in [0.4, 0.5) is 14.6 Å². The lowest BCUT2D eigenvalue weighted by Gasteiger charge is -2.10. The molecule has 0 saturated carbocycles. The van der Waals surface area contributed by atoms with Gasteiger partial charge in [-0.3, -0.25) is 4.68 Å². The van der Waals surface area contributed by atoms with Crippen LogP contribution in [0, 0.1) is 11.6 Å². The number of aliphatic hydroxyl groups excluding tert-OH is 1. The summed E-state index contributed by atoms with van der Waals surface area (Å²) in [6.45, 7) is 0. The van der Waals surface area contributed by atoms with Gasteiger partial charge in [0.2, 0.25) is 0 Å². The summed E-state index contributed by atoms with van der Waals surface area (Å²) in [5.41, 5.74) is 6.68. The third-order valence-corrected chi connectivity index (χ3v) is 2.79. The van der Waals surface area contributed by atoms with Crippen LogP contribution < -0.4 is 5.73 Å². The third-order valence-electron chi connectivity index (χ3n) is 2.79. The van der Waals surface area contributed by atoms with Crippen molar-refractivity contribution in [3.63, 3.8) is 0 Å². The quantitative estimate of drug-likeness (QED) is 0.872. The van der Waals surface area contributed by atoms with Gasteiger partial charge in [-0.1, -0.05) is 6.07 Å². The molecule has 4 nitrogen and oxygen atoms in total. The monoisotopic (exact) mass is 253 g/mol. The van der Waals surface area contributed by atoms with E-state index in [1.165, 1.54) is 16.9 Å². The van der Waals surface area contributed by atoms with Gasteiger partial charge in [0.15, 0.2) is 11.6 Å². The van der Waals surface area contributed by atoms with Gasteiger partial charge in [-0.2, -0.15) is 5.10 Å². The maximum atomic E-state index is 13.0. The lowest BCUT2D eigenvalue weighted by atomic mass is 10.0. The molecule has 2 aromatic rings. The lowest BCUT2D eigenvalue weighted by Crippen LogP contribution is -2.06. The van der Waals surface area contributed by atoms with Crippen LogP contribution in [-0.2, 0) is 13.5 Å². The fraction of sp³-hybridized carbons (Fsp3) is 0.250. The zero-order valence-electron chi connectivity index (χ0n) is 9.77. The van der Waals surface area contributed by atoms with Crippen molar-refractivity contribution in [2.24, 2.45) is 7.05 Å². The minimum atomic E-state index is -0.932. The molecule has 0 aliphatic heterocycles. The van der Waals surface area contributed by atoms with Crippen LogP contribution in [0.25, 0.3) is 0 Å². The van der Waals surface area contributed by atoms with Crippen molar-refractivity contribution in [3.05, 3.63) is 47.2 Å². The predicted molar refractivity (Wildman–Crippen MR) is 62.6 cm³/mol. The highest BCUT2D eigenvalue weighted by Gasteiger charge is 2.16. The van der Waals surface area contributed by atoms with Crippen LogP contribution in [0.15, 0.2) is 24.4 Å². The molecule has 1 aromatic heterocycles. The van der Waals surface area contributed by atoms with Gasteiger partial charge in [0.25, 0.3) is 0 Å². The van der Waals surface area contributed by atoms with Crippen molar-refractivity contribution in [1.82, 2.24) is 9.78 Å².